The summed E-state index contributed by atoms with van der Waals surface area (Å²) in [5.41, 5.74) is 2.86. The Morgan fingerprint density at radius 1 is 1.33 bits per heavy atom. The molecule has 0 aliphatic rings. The zero-order valence-corrected chi connectivity index (χ0v) is 11.5. The molecule has 0 spiro atoms. The predicted octanol–water partition coefficient (Wildman–Crippen LogP) is 2.16. The van der Waals surface area contributed by atoms with Crippen LogP contribution in [0.1, 0.15) is 38.2 Å². The lowest BCUT2D eigenvalue weighted by Gasteiger charge is -2.08. The molecule has 2 rings (SSSR count). The molecule has 2 aromatic rings. The molecule has 18 heavy (non-hydrogen) atoms. The first-order valence-corrected chi connectivity index (χ1v) is 6.38. The first-order chi connectivity index (χ1) is 8.67. The summed E-state index contributed by atoms with van der Waals surface area (Å²) in [6, 6.07) is 0. The maximum Gasteiger partial charge on any atom is 0.163 e. The first kappa shape index (κ1) is 13.0. The molecule has 0 amide bonds. The van der Waals surface area contributed by atoms with Crippen LogP contribution in [0.3, 0.4) is 0 Å². The third-order valence-corrected chi connectivity index (χ3v) is 2.94. The quantitative estimate of drug-likeness (QED) is 0.813. The van der Waals surface area contributed by atoms with E-state index in [-0.39, 0.29) is 0 Å². The number of methoxy groups -OCH3 is 1. The summed E-state index contributed by atoms with van der Waals surface area (Å²) in [5.74, 6) is 1.21. The van der Waals surface area contributed by atoms with E-state index in [4.69, 9.17) is 4.74 Å². The zero-order valence-electron chi connectivity index (χ0n) is 11.5. The molecule has 0 saturated heterocycles. The molecule has 0 aliphatic carbocycles. The van der Waals surface area contributed by atoms with Crippen LogP contribution in [0.5, 0.6) is 0 Å². The SMILES string of the molecule is CCc1nc(C(C)C)nc2c1ncn2CCOC. The van der Waals surface area contributed by atoms with E-state index in [0.717, 1.165) is 35.6 Å². The lowest BCUT2D eigenvalue weighted by molar-refractivity contribution is 0.188. The van der Waals surface area contributed by atoms with Crippen LogP contribution in [0.15, 0.2) is 6.33 Å². The molecule has 0 unspecified atom stereocenters. The number of ether oxygens (including phenoxy) is 1. The summed E-state index contributed by atoms with van der Waals surface area (Å²) >= 11 is 0. The van der Waals surface area contributed by atoms with Crippen LogP contribution in [0.2, 0.25) is 0 Å². The highest BCUT2D eigenvalue weighted by Crippen LogP contribution is 2.18. The number of nitrogens with zero attached hydrogens (tertiary/aromatic N) is 4. The van der Waals surface area contributed by atoms with Gasteiger partial charge in [0.2, 0.25) is 0 Å². The lowest BCUT2D eigenvalue weighted by Crippen LogP contribution is -2.07. The van der Waals surface area contributed by atoms with Crippen molar-refractivity contribution in [1.29, 1.82) is 0 Å². The van der Waals surface area contributed by atoms with Crippen molar-refractivity contribution in [1.82, 2.24) is 19.5 Å². The number of aryl methyl sites for hydroxylation is 1. The lowest BCUT2D eigenvalue weighted by atomic mass is 10.2. The highest BCUT2D eigenvalue weighted by atomic mass is 16.5. The molecular weight excluding hydrogens is 228 g/mol. The Balaban J connectivity index is 2.52. The second-order valence-electron chi connectivity index (χ2n) is 4.64. The fraction of sp³-hybridized carbons (Fsp3) is 0.615. The van der Waals surface area contributed by atoms with Crippen molar-refractivity contribution in [3.8, 4) is 0 Å². The fourth-order valence-corrected chi connectivity index (χ4v) is 1.88. The number of aromatic nitrogens is 4. The molecule has 0 saturated carbocycles. The second kappa shape index (κ2) is 5.44. The first-order valence-electron chi connectivity index (χ1n) is 6.38. The summed E-state index contributed by atoms with van der Waals surface area (Å²) in [6.07, 6.45) is 2.70. The molecule has 0 aromatic carbocycles. The van der Waals surface area contributed by atoms with Gasteiger partial charge in [-0.25, -0.2) is 15.0 Å². The van der Waals surface area contributed by atoms with Crippen LogP contribution >= 0.6 is 0 Å². The summed E-state index contributed by atoms with van der Waals surface area (Å²) in [6.45, 7) is 7.74. The summed E-state index contributed by atoms with van der Waals surface area (Å²) < 4.78 is 7.14. The van der Waals surface area contributed by atoms with Crippen LogP contribution in [0.25, 0.3) is 11.2 Å². The molecule has 0 radical (unpaired) electrons. The highest BCUT2D eigenvalue weighted by molar-refractivity contribution is 5.73. The molecule has 98 valence electrons. The molecular formula is C13H20N4O. The van der Waals surface area contributed by atoms with Crippen molar-refractivity contribution in [2.24, 2.45) is 0 Å². The zero-order chi connectivity index (χ0) is 13.1. The number of hydrogen-bond acceptors (Lipinski definition) is 4. The van der Waals surface area contributed by atoms with Gasteiger partial charge in [-0.15, -0.1) is 0 Å². The van der Waals surface area contributed by atoms with Crippen molar-refractivity contribution in [3.05, 3.63) is 17.8 Å². The molecule has 5 nitrogen and oxygen atoms in total. The minimum atomic E-state index is 0.325. The number of imidazole rings is 1. The Morgan fingerprint density at radius 3 is 2.72 bits per heavy atom. The van der Waals surface area contributed by atoms with Gasteiger partial charge in [0.15, 0.2) is 5.65 Å². The number of rotatable bonds is 5. The summed E-state index contributed by atoms with van der Waals surface area (Å²) in [7, 11) is 1.70. The Bertz CT molecular complexity index is 533. The fourth-order valence-electron chi connectivity index (χ4n) is 1.88. The van der Waals surface area contributed by atoms with E-state index in [1.54, 1.807) is 7.11 Å². The van der Waals surface area contributed by atoms with Crippen molar-refractivity contribution in [2.75, 3.05) is 13.7 Å². The van der Waals surface area contributed by atoms with Gasteiger partial charge in [-0.1, -0.05) is 20.8 Å². The topological polar surface area (TPSA) is 52.8 Å². The Hall–Kier alpha value is -1.49. The van der Waals surface area contributed by atoms with Crippen molar-refractivity contribution >= 4 is 11.2 Å². The Kier molecular flexibility index (Phi) is 3.91. The molecule has 0 fully saturated rings. The van der Waals surface area contributed by atoms with Gasteiger partial charge in [0.1, 0.15) is 11.3 Å². The van der Waals surface area contributed by atoms with E-state index in [9.17, 15) is 0 Å². The maximum atomic E-state index is 5.11. The van der Waals surface area contributed by atoms with E-state index >= 15 is 0 Å². The van der Waals surface area contributed by atoms with Gasteiger partial charge in [0, 0.05) is 19.6 Å². The predicted molar refractivity (Wildman–Crippen MR) is 70.7 cm³/mol. The van der Waals surface area contributed by atoms with Crippen molar-refractivity contribution in [3.63, 3.8) is 0 Å². The van der Waals surface area contributed by atoms with Crippen molar-refractivity contribution < 1.29 is 4.74 Å². The smallest absolute Gasteiger partial charge is 0.163 e. The Morgan fingerprint density at radius 2 is 2.11 bits per heavy atom. The third-order valence-electron chi connectivity index (χ3n) is 2.94. The third kappa shape index (κ3) is 2.36. The van der Waals surface area contributed by atoms with Crippen molar-refractivity contribution in [2.45, 2.75) is 39.7 Å². The summed E-state index contributed by atoms with van der Waals surface area (Å²) in [5, 5.41) is 0. The van der Waals surface area contributed by atoms with Crippen LogP contribution in [0.4, 0.5) is 0 Å². The van der Waals surface area contributed by atoms with Gasteiger partial charge in [-0.05, 0) is 6.42 Å². The average Bonchev–Trinajstić information content (AvgIpc) is 2.78. The largest absolute Gasteiger partial charge is 0.383 e. The van der Waals surface area contributed by atoms with Gasteiger partial charge in [-0.2, -0.15) is 0 Å². The van der Waals surface area contributed by atoms with Crippen LogP contribution in [-0.2, 0) is 17.7 Å². The molecule has 5 heteroatoms. The van der Waals surface area contributed by atoms with E-state index in [1.807, 2.05) is 10.9 Å². The monoisotopic (exact) mass is 248 g/mol. The van der Waals surface area contributed by atoms with Gasteiger partial charge in [0.25, 0.3) is 0 Å². The van der Waals surface area contributed by atoms with Gasteiger partial charge in [-0.3, -0.25) is 0 Å². The molecule has 2 heterocycles. The minimum Gasteiger partial charge on any atom is -0.383 e. The van der Waals surface area contributed by atoms with Gasteiger partial charge >= 0.3 is 0 Å². The minimum absolute atomic E-state index is 0.325. The molecule has 0 N–H and O–H groups in total. The summed E-state index contributed by atoms with van der Waals surface area (Å²) in [4.78, 5) is 13.6. The maximum absolute atomic E-state index is 5.11. The van der Waals surface area contributed by atoms with Gasteiger partial charge in [0.05, 0.1) is 18.6 Å². The van der Waals surface area contributed by atoms with Crippen LogP contribution < -0.4 is 0 Å². The molecule has 2 aromatic heterocycles. The standard InChI is InChI=1S/C13H20N4O/c1-5-10-11-13(16-12(15-10)9(2)3)17(8-14-11)6-7-18-4/h8-9H,5-7H2,1-4H3. The average molecular weight is 248 g/mol. The highest BCUT2D eigenvalue weighted by Gasteiger charge is 2.13. The van der Waals surface area contributed by atoms with E-state index in [2.05, 4.69) is 35.7 Å². The normalized spacial score (nSPS) is 11.6. The van der Waals surface area contributed by atoms with E-state index in [0.29, 0.717) is 12.5 Å². The van der Waals surface area contributed by atoms with E-state index < -0.39 is 0 Å². The second-order valence-corrected chi connectivity index (χ2v) is 4.64. The molecule has 0 aliphatic heterocycles. The van der Waals surface area contributed by atoms with E-state index in [1.165, 1.54) is 0 Å². The van der Waals surface area contributed by atoms with Gasteiger partial charge < -0.3 is 9.30 Å². The molecule has 0 bridgehead atoms. The Labute approximate surface area is 107 Å². The number of fused-ring (bicyclic) bond motifs is 1. The molecule has 0 atom stereocenters. The van der Waals surface area contributed by atoms with Crippen LogP contribution in [-0.4, -0.2) is 33.2 Å². The number of hydrogen-bond donors (Lipinski definition) is 0. The van der Waals surface area contributed by atoms with Crippen LogP contribution in [0, 0.1) is 0 Å².